The molecule has 3 aromatic carbocycles. The van der Waals surface area contributed by atoms with E-state index in [4.69, 9.17) is 11.6 Å². The standard InChI is InChI=1S/C25H23ClN4O3S/c1-17-4-7-20(14-18(17)2)29-34(32,33)22-10-11-24(26)23(15-22)25(31)27-16-19-5-8-21(9-6-19)30-13-3-12-28-30/h3-15,29H,16H2,1-2H3,(H,27,31). The molecule has 34 heavy (non-hydrogen) atoms. The molecule has 174 valence electrons. The van der Waals surface area contributed by atoms with Crippen molar-refractivity contribution in [2.75, 3.05) is 4.72 Å². The summed E-state index contributed by atoms with van der Waals surface area (Å²) in [6.45, 7) is 4.11. The number of hydrogen-bond acceptors (Lipinski definition) is 4. The third kappa shape index (κ3) is 5.30. The minimum absolute atomic E-state index is 0.0520. The number of nitrogens with zero attached hydrogens (tertiary/aromatic N) is 2. The van der Waals surface area contributed by atoms with Crippen molar-refractivity contribution >= 4 is 33.2 Å². The number of carbonyl (C=O) groups is 1. The van der Waals surface area contributed by atoms with Gasteiger partial charge < -0.3 is 5.32 Å². The van der Waals surface area contributed by atoms with Crippen LogP contribution in [0.15, 0.2) is 84.0 Å². The second kappa shape index (κ2) is 9.70. The zero-order chi connectivity index (χ0) is 24.3. The minimum Gasteiger partial charge on any atom is -0.348 e. The van der Waals surface area contributed by atoms with Crippen molar-refractivity contribution < 1.29 is 13.2 Å². The van der Waals surface area contributed by atoms with Crippen molar-refractivity contribution in [2.45, 2.75) is 25.3 Å². The highest BCUT2D eigenvalue weighted by atomic mass is 35.5. The summed E-state index contributed by atoms with van der Waals surface area (Å²) in [6.07, 6.45) is 3.54. The summed E-state index contributed by atoms with van der Waals surface area (Å²) in [5.74, 6) is -0.468. The Morgan fingerprint density at radius 2 is 1.76 bits per heavy atom. The molecule has 0 aliphatic carbocycles. The number of carbonyl (C=O) groups excluding carboxylic acids is 1. The molecule has 0 saturated heterocycles. The maximum absolute atomic E-state index is 12.9. The van der Waals surface area contributed by atoms with Gasteiger partial charge in [-0.25, -0.2) is 13.1 Å². The van der Waals surface area contributed by atoms with Gasteiger partial charge in [-0.1, -0.05) is 29.8 Å². The maximum atomic E-state index is 12.9. The number of benzene rings is 3. The van der Waals surface area contributed by atoms with E-state index in [9.17, 15) is 13.2 Å². The van der Waals surface area contributed by atoms with Crippen LogP contribution in [0.2, 0.25) is 5.02 Å². The van der Waals surface area contributed by atoms with Crippen molar-refractivity contribution in [1.82, 2.24) is 15.1 Å². The Balaban J connectivity index is 1.47. The maximum Gasteiger partial charge on any atom is 0.261 e. The number of rotatable bonds is 7. The molecule has 1 aromatic heterocycles. The van der Waals surface area contributed by atoms with Crippen LogP contribution >= 0.6 is 11.6 Å². The van der Waals surface area contributed by atoms with Crippen LogP contribution in [-0.4, -0.2) is 24.1 Å². The molecular formula is C25H23ClN4O3S. The molecule has 0 aliphatic rings. The summed E-state index contributed by atoms with van der Waals surface area (Å²) >= 11 is 6.21. The van der Waals surface area contributed by atoms with E-state index >= 15 is 0 Å². The number of nitrogens with one attached hydrogen (secondary N) is 2. The van der Waals surface area contributed by atoms with Gasteiger partial charge in [-0.2, -0.15) is 5.10 Å². The van der Waals surface area contributed by atoms with E-state index in [-0.39, 0.29) is 22.0 Å². The number of sulfonamides is 1. The van der Waals surface area contributed by atoms with Gasteiger partial charge in [0.25, 0.3) is 15.9 Å². The summed E-state index contributed by atoms with van der Waals surface area (Å²) < 4.78 is 30.1. The van der Waals surface area contributed by atoms with Gasteiger partial charge in [0.15, 0.2) is 0 Å². The monoisotopic (exact) mass is 494 g/mol. The van der Waals surface area contributed by atoms with Gasteiger partial charge >= 0.3 is 0 Å². The first-order valence-electron chi connectivity index (χ1n) is 10.5. The van der Waals surface area contributed by atoms with E-state index < -0.39 is 15.9 Å². The fourth-order valence-corrected chi connectivity index (χ4v) is 4.61. The first-order valence-corrected chi connectivity index (χ1v) is 12.4. The normalized spacial score (nSPS) is 11.3. The number of aromatic nitrogens is 2. The van der Waals surface area contributed by atoms with Gasteiger partial charge in [-0.3, -0.25) is 9.52 Å². The zero-order valence-electron chi connectivity index (χ0n) is 18.6. The molecule has 0 radical (unpaired) electrons. The molecule has 4 rings (SSSR count). The number of aryl methyl sites for hydroxylation is 2. The highest BCUT2D eigenvalue weighted by molar-refractivity contribution is 7.92. The minimum atomic E-state index is -3.91. The molecule has 1 heterocycles. The smallest absolute Gasteiger partial charge is 0.261 e. The fourth-order valence-electron chi connectivity index (χ4n) is 3.33. The molecular weight excluding hydrogens is 472 g/mol. The van der Waals surface area contributed by atoms with E-state index in [2.05, 4.69) is 15.1 Å². The third-order valence-corrected chi connectivity index (χ3v) is 7.12. The topological polar surface area (TPSA) is 93.1 Å². The molecule has 9 heteroatoms. The van der Waals surface area contributed by atoms with Gasteiger partial charge in [0.2, 0.25) is 0 Å². The zero-order valence-corrected chi connectivity index (χ0v) is 20.2. The third-order valence-electron chi connectivity index (χ3n) is 5.41. The first kappa shape index (κ1) is 23.5. The van der Waals surface area contributed by atoms with E-state index in [0.717, 1.165) is 22.4 Å². The lowest BCUT2D eigenvalue weighted by Crippen LogP contribution is -2.24. The Labute approximate surface area is 203 Å². The first-order chi connectivity index (χ1) is 16.2. The number of halogens is 1. The number of hydrogen-bond donors (Lipinski definition) is 2. The molecule has 0 aliphatic heterocycles. The highest BCUT2D eigenvalue weighted by Crippen LogP contribution is 2.24. The van der Waals surface area contributed by atoms with Crippen molar-refractivity contribution in [3.05, 3.63) is 106 Å². The molecule has 0 atom stereocenters. The summed E-state index contributed by atoms with van der Waals surface area (Å²) in [5, 5.41) is 7.14. The molecule has 0 saturated carbocycles. The summed E-state index contributed by atoms with van der Waals surface area (Å²) in [5.41, 5.74) is 4.33. The van der Waals surface area contributed by atoms with Crippen LogP contribution in [0.3, 0.4) is 0 Å². The molecule has 7 nitrogen and oxygen atoms in total. The van der Waals surface area contributed by atoms with E-state index in [0.29, 0.717) is 5.69 Å². The van der Waals surface area contributed by atoms with Crippen molar-refractivity contribution in [2.24, 2.45) is 0 Å². The lowest BCUT2D eigenvalue weighted by molar-refractivity contribution is 0.0951. The quantitative estimate of drug-likeness (QED) is 0.383. The van der Waals surface area contributed by atoms with E-state index in [1.807, 2.05) is 56.4 Å². The van der Waals surface area contributed by atoms with Crippen LogP contribution in [-0.2, 0) is 16.6 Å². The van der Waals surface area contributed by atoms with Crippen LogP contribution in [0.5, 0.6) is 0 Å². The fraction of sp³-hybridized carbons (Fsp3) is 0.120. The summed E-state index contributed by atoms with van der Waals surface area (Å²) in [4.78, 5) is 12.7. The average Bonchev–Trinajstić information content (AvgIpc) is 3.35. The molecule has 0 spiro atoms. The van der Waals surface area contributed by atoms with E-state index in [1.165, 1.54) is 18.2 Å². The van der Waals surface area contributed by atoms with Crippen molar-refractivity contribution in [3.8, 4) is 5.69 Å². The van der Waals surface area contributed by atoms with Gasteiger partial charge in [0.1, 0.15) is 0 Å². The Morgan fingerprint density at radius 3 is 2.44 bits per heavy atom. The Morgan fingerprint density at radius 1 is 1.00 bits per heavy atom. The molecule has 0 bridgehead atoms. The van der Waals surface area contributed by atoms with Gasteiger partial charge in [-0.05, 0) is 79.1 Å². The Kier molecular flexibility index (Phi) is 6.72. The predicted molar refractivity (Wildman–Crippen MR) is 133 cm³/mol. The lowest BCUT2D eigenvalue weighted by Gasteiger charge is -2.12. The summed E-state index contributed by atoms with van der Waals surface area (Å²) in [6, 6.07) is 18.7. The molecule has 2 N–H and O–H groups in total. The second-order valence-corrected chi connectivity index (χ2v) is 9.94. The van der Waals surface area contributed by atoms with Crippen molar-refractivity contribution in [1.29, 1.82) is 0 Å². The number of amides is 1. The van der Waals surface area contributed by atoms with E-state index in [1.54, 1.807) is 23.0 Å². The lowest BCUT2D eigenvalue weighted by atomic mass is 10.1. The molecule has 1 amide bonds. The van der Waals surface area contributed by atoms with Gasteiger partial charge in [0.05, 0.1) is 21.2 Å². The SMILES string of the molecule is Cc1ccc(NS(=O)(=O)c2ccc(Cl)c(C(=O)NCc3ccc(-n4cccn4)cc3)c2)cc1C. The number of anilines is 1. The molecule has 4 aromatic rings. The van der Waals surface area contributed by atoms with Crippen LogP contribution in [0, 0.1) is 13.8 Å². The van der Waals surface area contributed by atoms with Crippen LogP contribution in [0.1, 0.15) is 27.0 Å². The van der Waals surface area contributed by atoms with Crippen LogP contribution in [0.25, 0.3) is 5.69 Å². The molecule has 0 fully saturated rings. The van der Waals surface area contributed by atoms with Gasteiger partial charge in [-0.15, -0.1) is 0 Å². The average molecular weight is 495 g/mol. The summed E-state index contributed by atoms with van der Waals surface area (Å²) in [7, 11) is -3.91. The van der Waals surface area contributed by atoms with Gasteiger partial charge in [0, 0.05) is 24.6 Å². The highest BCUT2D eigenvalue weighted by Gasteiger charge is 2.19. The predicted octanol–water partition coefficient (Wildman–Crippen LogP) is 4.87. The van der Waals surface area contributed by atoms with Crippen molar-refractivity contribution in [3.63, 3.8) is 0 Å². The molecule has 0 unspecified atom stereocenters. The van der Waals surface area contributed by atoms with Crippen LogP contribution < -0.4 is 10.0 Å². The second-order valence-electron chi connectivity index (χ2n) is 7.85. The largest absolute Gasteiger partial charge is 0.348 e. The van der Waals surface area contributed by atoms with Crippen LogP contribution in [0.4, 0.5) is 5.69 Å². The Bertz CT molecular complexity index is 1430. The Hall–Kier alpha value is -3.62.